The molecule has 3 atom stereocenters. The number of halogens is 1. The fourth-order valence-corrected chi connectivity index (χ4v) is 1.98. The highest BCUT2D eigenvalue weighted by molar-refractivity contribution is 6.31. The first-order valence-electron chi connectivity index (χ1n) is 6.41. The average molecular weight is 299 g/mol. The van der Waals surface area contributed by atoms with Crippen LogP contribution in [0.3, 0.4) is 0 Å². The highest BCUT2D eigenvalue weighted by Gasteiger charge is 2.28. The normalized spacial score (nSPS) is 15.2. The summed E-state index contributed by atoms with van der Waals surface area (Å²) in [4.78, 5) is 23.3. The molecule has 0 aromatic heterocycles. The van der Waals surface area contributed by atoms with E-state index in [0.717, 1.165) is 6.42 Å². The van der Waals surface area contributed by atoms with Crippen molar-refractivity contribution in [3.8, 4) is 0 Å². The van der Waals surface area contributed by atoms with Gasteiger partial charge >= 0.3 is 5.97 Å². The Morgan fingerprint density at radius 3 is 2.50 bits per heavy atom. The molecule has 110 valence electrons. The lowest BCUT2D eigenvalue weighted by Crippen LogP contribution is -2.47. The number of rotatable bonds is 6. The maximum Gasteiger partial charge on any atom is 0.330 e. The molecule has 0 radical (unpaired) electrons. The maximum atomic E-state index is 12.0. The van der Waals surface area contributed by atoms with Gasteiger partial charge in [-0.15, -0.1) is 0 Å². The van der Waals surface area contributed by atoms with Gasteiger partial charge in [0.2, 0.25) is 5.91 Å². The number of carbonyl (C=O) groups excluding carboxylic acids is 1. The minimum absolute atomic E-state index is 0.0318. The van der Waals surface area contributed by atoms with E-state index in [1.165, 1.54) is 0 Å². The second-order valence-corrected chi connectivity index (χ2v) is 5.12. The van der Waals surface area contributed by atoms with Crippen LogP contribution in [0.1, 0.15) is 31.9 Å². The molecule has 0 aliphatic heterocycles. The van der Waals surface area contributed by atoms with Crippen molar-refractivity contribution in [1.82, 2.24) is 5.32 Å². The first-order chi connectivity index (χ1) is 9.38. The van der Waals surface area contributed by atoms with E-state index >= 15 is 0 Å². The van der Waals surface area contributed by atoms with E-state index in [1.807, 2.05) is 13.8 Å². The van der Waals surface area contributed by atoms with Crippen LogP contribution >= 0.6 is 11.6 Å². The number of nitrogens with two attached hydrogens (primary N) is 1. The Morgan fingerprint density at radius 2 is 2.00 bits per heavy atom. The van der Waals surface area contributed by atoms with Crippen molar-refractivity contribution in [3.63, 3.8) is 0 Å². The lowest BCUT2D eigenvalue weighted by molar-refractivity contribution is -0.142. The van der Waals surface area contributed by atoms with E-state index in [9.17, 15) is 14.7 Å². The summed E-state index contributed by atoms with van der Waals surface area (Å²) in [5.74, 6) is -1.70. The van der Waals surface area contributed by atoms with Crippen LogP contribution in [0.2, 0.25) is 5.02 Å². The molecular weight excluding hydrogens is 280 g/mol. The summed E-state index contributed by atoms with van der Waals surface area (Å²) < 4.78 is 0. The smallest absolute Gasteiger partial charge is 0.330 e. The molecule has 2 unspecified atom stereocenters. The second kappa shape index (κ2) is 7.26. The molecule has 20 heavy (non-hydrogen) atoms. The van der Waals surface area contributed by atoms with Crippen LogP contribution in [0.4, 0.5) is 0 Å². The Bertz CT molecular complexity index is 493. The van der Waals surface area contributed by atoms with Crippen molar-refractivity contribution in [1.29, 1.82) is 0 Å². The molecule has 0 aliphatic rings. The van der Waals surface area contributed by atoms with Gasteiger partial charge in [0.05, 0.1) is 6.04 Å². The number of benzene rings is 1. The molecule has 0 spiro atoms. The van der Waals surface area contributed by atoms with E-state index in [1.54, 1.807) is 24.3 Å². The van der Waals surface area contributed by atoms with E-state index in [-0.39, 0.29) is 10.9 Å². The maximum absolute atomic E-state index is 12.0. The minimum atomic E-state index is -1.20. The Morgan fingerprint density at radius 1 is 1.40 bits per heavy atom. The summed E-state index contributed by atoms with van der Waals surface area (Å²) in [5, 5.41) is 12.0. The second-order valence-electron chi connectivity index (χ2n) is 4.71. The van der Waals surface area contributed by atoms with Gasteiger partial charge in [-0.1, -0.05) is 50.1 Å². The molecule has 6 heteroatoms. The summed E-state index contributed by atoms with van der Waals surface area (Å²) in [7, 11) is 0. The lowest BCUT2D eigenvalue weighted by Gasteiger charge is -2.21. The van der Waals surface area contributed by atoms with E-state index in [4.69, 9.17) is 17.3 Å². The quantitative estimate of drug-likeness (QED) is 0.748. The molecule has 0 fully saturated rings. The Labute approximate surface area is 123 Å². The fourth-order valence-electron chi connectivity index (χ4n) is 1.73. The largest absolute Gasteiger partial charge is 0.479 e. The van der Waals surface area contributed by atoms with Crippen LogP contribution in [0.25, 0.3) is 0 Å². The molecule has 1 rings (SSSR count). The van der Waals surface area contributed by atoms with Gasteiger partial charge < -0.3 is 16.2 Å². The number of hydrogen-bond donors (Lipinski definition) is 3. The summed E-state index contributed by atoms with van der Waals surface area (Å²) in [6.45, 7) is 3.76. The van der Waals surface area contributed by atoms with Crippen LogP contribution in [0, 0.1) is 5.92 Å². The number of amides is 1. The standard InChI is InChI=1S/C14H19ClN2O3/c1-3-8(2)11(16)13(18)17-12(14(19)20)9-6-4-5-7-10(9)15/h4-8,11-12H,3,16H2,1-2H3,(H,17,18)(H,19,20)/t8?,11?,12-/m1/s1. The first kappa shape index (κ1) is 16.5. The van der Waals surface area contributed by atoms with Crippen molar-refractivity contribution in [3.05, 3.63) is 34.9 Å². The van der Waals surface area contributed by atoms with Gasteiger partial charge in [0.25, 0.3) is 0 Å². The van der Waals surface area contributed by atoms with Gasteiger partial charge in [-0.2, -0.15) is 0 Å². The Kier molecular flexibility index (Phi) is 5.98. The number of carbonyl (C=O) groups is 2. The van der Waals surface area contributed by atoms with Gasteiger partial charge in [-0.3, -0.25) is 4.79 Å². The predicted octanol–water partition coefficient (Wildman–Crippen LogP) is 1.96. The number of carboxylic acids is 1. The third-order valence-electron chi connectivity index (χ3n) is 3.31. The third-order valence-corrected chi connectivity index (χ3v) is 3.65. The molecule has 0 heterocycles. The SMILES string of the molecule is CCC(C)C(N)C(=O)N[C@@H](C(=O)O)c1ccccc1Cl. The molecule has 0 saturated carbocycles. The van der Waals surface area contributed by atoms with Crippen LogP contribution in [-0.4, -0.2) is 23.0 Å². The average Bonchev–Trinajstić information content (AvgIpc) is 2.43. The highest BCUT2D eigenvalue weighted by Crippen LogP contribution is 2.23. The third kappa shape index (κ3) is 3.95. The number of aliphatic carboxylic acids is 1. The zero-order valence-electron chi connectivity index (χ0n) is 11.5. The number of nitrogens with one attached hydrogen (secondary N) is 1. The van der Waals surface area contributed by atoms with Crippen LogP contribution in [0.5, 0.6) is 0 Å². The number of hydrogen-bond acceptors (Lipinski definition) is 3. The molecule has 0 saturated heterocycles. The summed E-state index contributed by atoms with van der Waals surface area (Å²) in [6, 6.07) is 4.55. The highest BCUT2D eigenvalue weighted by atomic mass is 35.5. The zero-order valence-corrected chi connectivity index (χ0v) is 12.2. The van der Waals surface area contributed by atoms with Crippen molar-refractivity contribution < 1.29 is 14.7 Å². The van der Waals surface area contributed by atoms with Crippen molar-refractivity contribution >= 4 is 23.5 Å². The Balaban J connectivity index is 2.92. The molecule has 1 aromatic rings. The fraction of sp³-hybridized carbons (Fsp3) is 0.429. The van der Waals surface area contributed by atoms with Crippen molar-refractivity contribution in [2.45, 2.75) is 32.4 Å². The van der Waals surface area contributed by atoms with Gasteiger partial charge in [0.15, 0.2) is 6.04 Å². The predicted molar refractivity (Wildman–Crippen MR) is 77.4 cm³/mol. The molecule has 0 bridgehead atoms. The van der Waals surface area contributed by atoms with Crippen molar-refractivity contribution in [2.24, 2.45) is 11.7 Å². The molecule has 0 aliphatic carbocycles. The van der Waals surface area contributed by atoms with Gasteiger partial charge in [0, 0.05) is 10.6 Å². The van der Waals surface area contributed by atoms with Crippen molar-refractivity contribution in [2.75, 3.05) is 0 Å². The summed E-state index contributed by atoms with van der Waals surface area (Å²) in [6.07, 6.45) is 0.735. The molecule has 1 aromatic carbocycles. The summed E-state index contributed by atoms with van der Waals surface area (Å²) in [5.41, 5.74) is 6.14. The lowest BCUT2D eigenvalue weighted by atomic mass is 9.98. The zero-order chi connectivity index (χ0) is 15.3. The van der Waals surface area contributed by atoms with E-state index < -0.39 is 24.0 Å². The molecule has 5 nitrogen and oxygen atoms in total. The van der Waals surface area contributed by atoms with E-state index in [0.29, 0.717) is 5.56 Å². The van der Waals surface area contributed by atoms with Gasteiger partial charge in [-0.05, 0) is 12.0 Å². The first-order valence-corrected chi connectivity index (χ1v) is 6.79. The van der Waals surface area contributed by atoms with Crippen LogP contribution in [0.15, 0.2) is 24.3 Å². The summed E-state index contributed by atoms with van der Waals surface area (Å²) >= 11 is 5.97. The van der Waals surface area contributed by atoms with Crippen LogP contribution < -0.4 is 11.1 Å². The molecular formula is C14H19ClN2O3. The van der Waals surface area contributed by atoms with Crippen LogP contribution in [-0.2, 0) is 9.59 Å². The number of carboxylic acid groups (broad SMARTS) is 1. The van der Waals surface area contributed by atoms with E-state index in [2.05, 4.69) is 5.32 Å². The molecule has 4 N–H and O–H groups in total. The molecule has 1 amide bonds. The monoisotopic (exact) mass is 298 g/mol. The van der Waals surface area contributed by atoms with Gasteiger partial charge in [0.1, 0.15) is 0 Å². The van der Waals surface area contributed by atoms with Gasteiger partial charge in [-0.25, -0.2) is 4.79 Å². The topological polar surface area (TPSA) is 92.4 Å². The minimum Gasteiger partial charge on any atom is -0.479 e. The Hall–Kier alpha value is -1.59.